The summed E-state index contributed by atoms with van der Waals surface area (Å²) in [6, 6.07) is 2.82. The summed E-state index contributed by atoms with van der Waals surface area (Å²) in [6.45, 7) is 4.48. The van der Waals surface area contributed by atoms with E-state index in [-0.39, 0.29) is 5.69 Å². The second-order valence-electron chi connectivity index (χ2n) is 5.23. The van der Waals surface area contributed by atoms with Crippen molar-refractivity contribution in [3.63, 3.8) is 0 Å². The zero-order valence-corrected chi connectivity index (χ0v) is 12.8. The smallest absolute Gasteiger partial charge is 0.149 e. The monoisotopic (exact) mass is 285 g/mol. The Morgan fingerprint density at radius 1 is 1.05 bits per heavy atom. The third-order valence-electron chi connectivity index (χ3n) is 3.08. The molecule has 1 N–H and O–H groups in total. The summed E-state index contributed by atoms with van der Waals surface area (Å²) in [5.74, 6) is -0.968. The molecule has 20 heavy (non-hydrogen) atoms. The van der Waals surface area contributed by atoms with Crippen LogP contribution in [0.4, 0.5) is 14.5 Å². The molecule has 0 aromatic heterocycles. The number of hydrogen-bond acceptors (Lipinski definition) is 3. The second-order valence-corrected chi connectivity index (χ2v) is 5.23. The maximum atomic E-state index is 14.2. The maximum absolute atomic E-state index is 14.2. The molecule has 0 radical (unpaired) electrons. The Bertz CT molecular complexity index is 399. The molecular weight excluding hydrogens is 260 g/mol. The van der Waals surface area contributed by atoms with Crippen molar-refractivity contribution in [3.05, 3.63) is 29.3 Å². The van der Waals surface area contributed by atoms with Gasteiger partial charge in [0.1, 0.15) is 17.3 Å². The van der Waals surface area contributed by atoms with Crippen molar-refractivity contribution in [2.75, 3.05) is 45.7 Å². The quantitative estimate of drug-likeness (QED) is 0.791. The van der Waals surface area contributed by atoms with E-state index in [1.807, 2.05) is 25.9 Å². The number of rotatable bonds is 8. The molecule has 0 aliphatic rings. The molecule has 1 aromatic carbocycles. The molecule has 0 heterocycles. The highest BCUT2D eigenvalue weighted by Crippen LogP contribution is 2.25. The third kappa shape index (κ3) is 4.72. The summed E-state index contributed by atoms with van der Waals surface area (Å²) >= 11 is 0. The standard InChI is InChI=1S/C15H25F2N3/c1-5-6-20(8-7-19(3)4)15-13(16)9-12(11-18-2)10-14(15)17/h9-10,18H,5-8,11H2,1-4H3. The molecular formula is C15H25F2N3. The summed E-state index contributed by atoms with van der Waals surface area (Å²) in [5, 5.41) is 2.90. The van der Waals surface area contributed by atoms with Crippen LogP contribution in [0.5, 0.6) is 0 Å². The summed E-state index contributed by atoms with van der Waals surface area (Å²) in [7, 11) is 5.66. The molecule has 0 bridgehead atoms. The molecule has 0 amide bonds. The van der Waals surface area contributed by atoms with Gasteiger partial charge in [-0.2, -0.15) is 0 Å². The topological polar surface area (TPSA) is 18.5 Å². The van der Waals surface area contributed by atoms with Gasteiger partial charge < -0.3 is 15.1 Å². The number of nitrogens with zero attached hydrogens (tertiary/aromatic N) is 2. The first-order chi connectivity index (χ1) is 9.49. The fourth-order valence-corrected chi connectivity index (χ4v) is 2.15. The molecule has 0 atom stereocenters. The van der Waals surface area contributed by atoms with Crippen LogP contribution in [-0.2, 0) is 6.54 Å². The zero-order chi connectivity index (χ0) is 15.1. The van der Waals surface area contributed by atoms with Crippen molar-refractivity contribution in [3.8, 4) is 0 Å². The molecule has 0 saturated carbocycles. The van der Waals surface area contributed by atoms with Crippen molar-refractivity contribution >= 4 is 5.69 Å². The van der Waals surface area contributed by atoms with Crippen molar-refractivity contribution in [2.45, 2.75) is 19.9 Å². The summed E-state index contributed by atoms with van der Waals surface area (Å²) < 4.78 is 28.4. The minimum Gasteiger partial charge on any atom is -0.366 e. The van der Waals surface area contributed by atoms with Crippen LogP contribution in [0.15, 0.2) is 12.1 Å². The highest BCUT2D eigenvalue weighted by Gasteiger charge is 2.17. The van der Waals surface area contributed by atoms with Crippen molar-refractivity contribution in [1.82, 2.24) is 10.2 Å². The maximum Gasteiger partial charge on any atom is 0.149 e. The normalized spacial score (nSPS) is 11.2. The highest BCUT2D eigenvalue weighted by molar-refractivity contribution is 5.50. The zero-order valence-electron chi connectivity index (χ0n) is 12.8. The summed E-state index contributed by atoms with van der Waals surface area (Å²) in [5.41, 5.74) is 0.712. The Labute approximate surface area is 120 Å². The van der Waals surface area contributed by atoms with Crippen LogP contribution >= 0.6 is 0 Å². The molecule has 0 spiro atoms. The Kier molecular flexibility index (Phi) is 6.88. The van der Waals surface area contributed by atoms with E-state index in [0.29, 0.717) is 25.2 Å². The predicted molar refractivity (Wildman–Crippen MR) is 80.2 cm³/mol. The number of benzene rings is 1. The van der Waals surface area contributed by atoms with Gasteiger partial charge in [0, 0.05) is 26.2 Å². The predicted octanol–water partition coefficient (Wildman–Crippen LogP) is 2.46. The van der Waals surface area contributed by atoms with Crippen LogP contribution in [0.1, 0.15) is 18.9 Å². The Morgan fingerprint density at radius 3 is 2.10 bits per heavy atom. The number of likely N-dealkylation sites (N-methyl/N-ethyl adjacent to an activating group) is 1. The first-order valence-corrected chi connectivity index (χ1v) is 7.01. The van der Waals surface area contributed by atoms with Gasteiger partial charge >= 0.3 is 0 Å². The fraction of sp³-hybridized carbons (Fsp3) is 0.600. The van der Waals surface area contributed by atoms with Gasteiger partial charge in [-0.3, -0.25) is 0 Å². The Hall–Kier alpha value is -1.20. The number of anilines is 1. The fourth-order valence-electron chi connectivity index (χ4n) is 2.15. The minimum absolute atomic E-state index is 0.0913. The van der Waals surface area contributed by atoms with E-state index in [9.17, 15) is 8.78 Å². The van der Waals surface area contributed by atoms with Crippen molar-refractivity contribution < 1.29 is 8.78 Å². The van der Waals surface area contributed by atoms with E-state index in [1.54, 1.807) is 11.9 Å². The van der Waals surface area contributed by atoms with Crippen molar-refractivity contribution in [1.29, 1.82) is 0 Å². The lowest BCUT2D eigenvalue weighted by Gasteiger charge is -2.27. The van der Waals surface area contributed by atoms with Crippen LogP contribution < -0.4 is 10.2 Å². The SMILES string of the molecule is CCCN(CCN(C)C)c1c(F)cc(CNC)cc1F. The van der Waals surface area contributed by atoms with E-state index < -0.39 is 11.6 Å². The van der Waals surface area contributed by atoms with Crippen LogP contribution in [0.3, 0.4) is 0 Å². The van der Waals surface area contributed by atoms with Crippen LogP contribution in [0.2, 0.25) is 0 Å². The van der Waals surface area contributed by atoms with Crippen LogP contribution in [0, 0.1) is 11.6 Å². The van der Waals surface area contributed by atoms with Gasteiger partial charge in [0.2, 0.25) is 0 Å². The van der Waals surface area contributed by atoms with Gasteiger partial charge in [-0.15, -0.1) is 0 Å². The first-order valence-electron chi connectivity index (χ1n) is 7.01. The van der Waals surface area contributed by atoms with Gasteiger partial charge in [-0.05, 0) is 45.3 Å². The summed E-state index contributed by atoms with van der Waals surface area (Å²) in [4.78, 5) is 3.79. The molecule has 114 valence electrons. The van der Waals surface area contributed by atoms with E-state index >= 15 is 0 Å². The van der Waals surface area contributed by atoms with Gasteiger partial charge in [0.25, 0.3) is 0 Å². The molecule has 3 nitrogen and oxygen atoms in total. The average molecular weight is 285 g/mol. The Balaban J connectivity index is 3.00. The molecule has 5 heteroatoms. The summed E-state index contributed by atoms with van der Waals surface area (Å²) in [6.07, 6.45) is 0.852. The molecule has 0 unspecified atom stereocenters. The lowest BCUT2D eigenvalue weighted by molar-refractivity contribution is 0.410. The van der Waals surface area contributed by atoms with E-state index in [1.165, 1.54) is 12.1 Å². The van der Waals surface area contributed by atoms with Gasteiger partial charge in [-0.25, -0.2) is 8.78 Å². The van der Waals surface area contributed by atoms with E-state index in [0.717, 1.165) is 13.0 Å². The van der Waals surface area contributed by atoms with Gasteiger partial charge in [0.05, 0.1) is 0 Å². The number of halogens is 2. The van der Waals surface area contributed by atoms with Crippen molar-refractivity contribution in [2.24, 2.45) is 0 Å². The Morgan fingerprint density at radius 2 is 1.65 bits per heavy atom. The first kappa shape index (κ1) is 16.9. The molecule has 0 aliphatic carbocycles. The lowest BCUT2D eigenvalue weighted by atomic mass is 10.1. The second kappa shape index (κ2) is 8.17. The number of nitrogens with one attached hydrogen (secondary N) is 1. The molecule has 1 aromatic rings. The average Bonchev–Trinajstić information content (AvgIpc) is 2.35. The highest BCUT2D eigenvalue weighted by atomic mass is 19.1. The minimum atomic E-state index is -0.484. The van der Waals surface area contributed by atoms with Gasteiger partial charge in [0.15, 0.2) is 0 Å². The third-order valence-corrected chi connectivity index (χ3v) is 3.08. The molecule has 0 aliphatic heterocycles. The number of hydrogen-bond donors (Lipinski definition) is 1. The largest absolute Gasteiger partial charge is 0.366 e. The van der Waals surface area contributed by atoms with Crippen LogP contribution in [-0.4, -0.2) is 45.7 Å². The van der Waals surface area contributed by atoms with E-state index in [4.69, 9.17) is 0 Å². The van der Waals surface area contributed by atoms with Crippen LogP contribution in [0.25, 0.3) is 0 Å². The molecule has 0 saturated heterocycles. The molecule has 0 fully saturated rings. The van der Waals surface area contributed by atoms with Gasteiger partial charge in [-0.1, -0.05) is 6.92 Å². The van der Waals surface area contributed by atoms with E-state index in [2.05, 4.69) is 5.32 Å². The molecule has 1 rings (SSSR count). The lowest BCUT2D eigenvalue weighted by Crippen LogP contribution is -2.33.